The number of hydrogen-bond acceptors (Lipinski definition) is 7. The van der Waals surface area contributed by atoms with E-state index in [4.69, 9.17) is 10.8 Å². The van der Waals surface area contributed by atoms with Gasteiger partial charge >= 0.3 is 24.4 Å². The molecular formula is C36H34F6N8O3. The number of urea groups is 2. The van der Waals surface area contributed by atoms with E-state index in [2.05, 4.69) is 25.1 Å². The van der Waals surface area contributed by atoms with Crippen molar-refractivity contribution < 1.29 is 41.0 Å². The Bertz CT molecular complexity index is 2040. The summed E-state index contributed by atoms with van der Waals surface area (Å²) in [6, 6.07) is 15.8. The van der Waals surface area contributed by atoms with Gasteiger partial charge < -0.3 is 26.0 Å². The van der Waals surface area contributed by atoms with Gasteiger partial charge in [0.15, 0.2) is 11.6 Å². The van der Waals surface area contributed by atoms with Crippen LogP contribution >= 0.6 is 0 Å². The molecule has 4 bridgehead atoms. The van der Waals surface area contributed by atoms with E-state index in [1.54, 1.807) is 41.3 Å². The molecule has 4 aliphatic rings. The summed E-state index contributed by atoms with van der Waals surface area (Å²) in [6.45, 7) is 2.90. The standard InChI is InChI=1S/C19H19F3N4O2.C17H15F3N4O/c20-19(21,22)13-3-1-2-12(10-13)15-4-5-16-17(24-15)26(18(28)23-7-9-27)14-6-8-25(16)11-14;18-17(19,20)11-3-1-2-10(8-11)13-4-5-14-15(22-13)24(16(21)25)12-6-7-23(14)9-12/h1-5,10,14,27H,6-9,11H2,(H,23,28);1-5,8,12H,6-7,9H2,(H2,21,25)/t14-;12-/m00/s1. The number of nitrogens with zero attached hydrogens (tertiary/aromatic N) is 6. The lowest BCUT2D eigenvalue weighted by atomic mass is 10.1. The predicted octanol–water partition coefficient (Wildman–Crippen LogP) is 6.11. The molecule has 2 aromatic heterocycles. The molecule has 8 rings (SSSR count). The molecule has 4 aromatic rings. The van der Waals surface area contributed by atoms with Gasteiger partial charge in [-0.3, -0.25) is 9.80 Å². The molecule has 53 heavy (non-hydrogen) atoms. The molecule has 0 unspecified atom stereocenters. The Morgan fingerprint density at radius 2 is 1.21 bits per heavy atom. The van der Waals surface area contributed by atoms with Crippen LogP contribution in [-0.2, 0) is 12.4 Å². The van der Waals surface area contributed by atoms with Crippen molar-refractivity contribution in [1.82, 2.24) is 15.3 Å². The van der Waals surface area contributed by atoms with Gasteiger partial charge in [0.1, 0.15) is 0 Å². The number of fused-ring (bicyclic) bond motifs is 8. The smallest absolute Gasteiger partial charge is 0.395 e. The zero-order chi connectivity index (χ0) is 37.7. The minimum atomic E-state index is -4.44. The number of aliphatic hydroxyl groups excluding tert-OH is 1. The number of nitrogens with one attached hydrogen (secondary N) is 1. The summed E-state index contributed by atoms with van der Waals surface area (Å²) in [4.78, 5) is 40.8. The first-order chi connectivity index (χ1) is 25.2. The fourth-order valence-electron chi connectivity index (χ4n) is 7.24. The molecule has 0 radical (unpaired) electrons. The summed E-state index contributed by atoms with van der Waals surface area (Å²) >= 11 is 0. The van der Waals surface area contributed by atoms with Crippen LogP contribution in [0.1, 0.15) is 24.0 Å². The van der Waals surface area contributed by atoms with Gasteiger partial charge in [-0.05, 0) is 61.4 Å². The average molecular weight is 741 g/mol. The molecular weight excluding hydrogens is 706 g/mol. The number of alkyl halides is 6. The SMILES string of the molecule is NC(=O)N1c2nc(-c3cccc(C(F)(F)F)c3)ccc2N2CC[C@H]1C2.O=C(NCCO)N1c2nc(-c3cccc(C(F)(F)F)c3)ccc2N2CC[C@H]1C2. The number of rotatable bonds is 4. The number of anilines is 4. The second-order valence-electron chi connectivity index (χ2n) is 13.0. The Balaban J connectivity index is 0.000000165. The maximum atomic E-state index is 13.0. The number of nitrogens with two attached hydrogens (primary N) is 1. The van der Waals surface area contributed by atoms with Crippen molar-refractivity contribution in [2.24, 2.45) is 5.73 Å². The zero-order valence-electron chi connectivity index (χ0n) is 28.0. The van der Waals surface area contributed by atoms with E-state index in [0.29, 0.717) is 47.2 Å². The largest absolute Gasteiger partial charge is 0.416 e. The summed E-state index contributed by atoms with van der Waals surface area (Å²) in [5.41, 5.74) is 7.02. The summed E-state index contributed by atoms with van der Waals surface area (Å²) in [7, 11) is 0. The van der Waals surface area contributed by atoms with E-state index >= 15 is 0 Å². The Morgan fingerprint density at radius 3 is 1.66 bits per heavy atom. The van der Waals surface area contributed by atoms with Crippen LogP contribution in [0, 0.1) is 0 Å². The third-order valence-corrected chi connectivity index (χ3v) is 9.72. The molecule has 278 valence electrons. The molecule has 2 aromatic carbocycles. The van der Waals surface area contributed by atoms with Crippen molar-refractivity contribution in [1.29, 1.82) is 0 Å². The number of halogens is 6. The Hall–Kier alpha value is -5.58. The minimum absolute atomic E-state index is 0.0470. The number of benzene rings is 2. The van der Waals surface area contributed by atoms with E-state index in [-0.39, 0.29) is 31.3 Å². The predicted molar refractivity (Wildman–Crippen MR) is 186 cm³/mol. The van der Waals surface area contributed by atoms with Gasteiger partial charge in [-0.25, -0.2) is 19.6 Å². The Kier molecular flexibility index (Phi) is 9.30. The second kappa shape index (κ2) is 13.8. The lowest BCUT2D eigenvalue weighted by molar-refractivity contribution is -0.138. The summed E-state index contributed by atoms with van der Waals surface area (Å²) in [5.74, 6) is 0.843. The van der Waals surface area contributed by atoms with Gasteiger partial charge in [0, 0.05) is 43.9 Å². The summed E-state index contributed by atoms with van der Waals surface area (Å²) in [6.07, 6.45) is -7.29. The van der Waals surface area contributed by atoms with Crippen LogP contribution in [0.15, 0.2) is 72.8 Å². The van der Waals surface area contributed by atoms with Crippen molar-refractivity contribution in [2.75, 3.05) is 58.9 Å². The van der Waals surface area contributed by atoms with Gasteiger partial charge in [-0.2, -0.15) is 26.3 Å². The minimum Gasteiger partial charge on any atom is -0.395 e. The number of hydrogen-bond donors (Lipinski definition) is 3. The number of aromatic nitrogens is 2. The highest BCUT2D eigenvalue weighted by molar-refractivity contribution is 5.97. The molecule has 0 saturated carbocycles. The van der Waals surface area contributed by atoms with Crippen LogP contribution in [-0.4, -0.2) is 78.6 Å². The Labute approximate surface area is 299 Å². The number of primary amides is 1. The number of carbonyl (C=O) groups is 2. The lowest BCUT2D eigenvalue weighted by Crippen LogP contribution is -2.51. The molecule has 0 aliphatic carbocycles. The molecule has 2 atom stereocenters. The number of pyridine rings is 2. The van der Waals surface area contributed by atoms with Gasteiger partial charge in [-0.15, -0.1) is 0 Å². The maximum absolute atomic E-state index is 13.0. The van der Waals surface area contributed by atoms with Gasteiger partial charge in [0.05, 0.1) is 52.6 Å². The van der Waals surface area contributed by atoms with E-state index in [1.807, 2.05) is 0 Å². The highest BCUT2D eigenvalue weighted by atomic mass is 19.4. The summed E-state index contributed by atoms with van der Waals surface area (Å²) in [5, 5.41) is 11.6. The third kappa shape index (κ3) is 7.00. The van der Waals surface area contributed by atoms with Crippen molar-refractivity contribution >= 4 is 35.1 Å². The molecule has 17 heteroatoms. The molecule has 11 nitrogen and oxygen atoms in total. The van der Waals surface area contributed by atoms with Gasteiger partial charge in [0.25, 0.3) is 0 Å². The lowest BCUT2D eigenvalue weighted by Gasteiger charge is -2.36. The topological polar surface area (TPSA) is 131 Å². The Morgan fingerprint density at radius 1 is 0.736 bits per heavy atom. The second-order valence-corrected chi connectivity index (χ2v) is 13.0. The van der Waals surface area contributed by atoms with Gasteiger partial charge in [-0.1, -0.05) is 24.3 Å². The molecule has 2 fully saturated rings. The molecule has 4 N–H and O–H groups in total. The van der Waals surface area contributed by atoms with Gasteiger partial charge in [0.2, 0.25) is 0 Å². The third-order valence-electron chi connectivity index (χ3n) is 9.72. The van der Waals surface area contributed by atoms with Crippen molar-refractivity contribution in [2.45, 2.75) is 37.3 Å². The van der Waals surface area contributed by atoms with Crippen LogP contribution in [0.2, 0.25) is 0 Å². The van der Waals surface area contributed by atoms with Crippen LogP contribution in [0.4, 0.5) is 58.9 Å². The van der Waals surface area contributed by atoms with E-state index in [9.17, 15) is 35.9 Å². The van der Waals surface area contributed by atoms with E-state index in [1.165, 1.54) is 17.0 Å². The number of amides is 4. The monoisotopic (exact) mass is 740 g/mol. The van der Waals surface area contributed by atoms with E-state index < -0.39 is 29.5 Å². The number of carbonyl (C=O) groups excluding carboxylic acids is 2. The first kappa shape index (κ1) is 35.8. The van der Waals surface area contributed by atoms with E-state index in [0.717, 1.165) is 61.6 Å². The number of aliphatic hydroxyl groups is 1. The van der Waals surface area contributed by atoms with Crippen LogP contribution < -0.4 is 30.7 Å². The molecule has 4 amide bonds. The maximum Gasteiger partial charge on any atom is 0.416 e. The molecule has 6 heterocycles. The van der Waals surface area contributed by atoms with Crippen LogP contribution in [0.3, 0.4) is 0 Å². The first-order valence-corrected chi connectivity index (χ1v) is 16.9. The van der Waals surface area contributed by atoms with Crippen molar-refractivity contribution in [3.05, 3.63) is 83.9 Å². The molecule has 2 saturated heterocycles. The highest BCUT2D eigenvalue weighted by Gasteiger charge is 2.41. The zero-order valence-corrected chi connectivity index (χ0v) is 28.0. The quantitative estimate of drug-likeness (QED) is 0.215. The fourth-order valence-corrected chi connectivity index (χ4v) is 7.24. The molecule has 0 spiro atoms. The highest BCUT2D eigenvalue weighted by Crippen LogP contribution is 2.42. The fraction of sp³-hybridized carbons (Fsp3) is 0.333. The summed E-state index contributed by atoms with van der Waals surface area (Å²) < 4.78 is 78.0. The van der Waals surface area contributed by atoms with Crippen LogP contribution in [0.25, 0.3) is 22.5 Å². The van der Waals surface area contributed by atoms with Crippen molar-refractivity contribution in [3.63, 3.8) is 0 Å². The van der Waals surface area contributed by atoms with Crippen LogP contribution in [0.5, 0.6) is 0 Å². The molecule has 4 aliphatic heterocycles. The average Bonchev–Trinajstić information content (AvgIpc) is 3.75. The van der Waals surface area contributed by atoms with Crippen molar-refractivity contribution in [3.8, 4) is 22.5 Å². The normalized spacial score (nSPS) is 18.6. The first-order valence-electron chi connectivity index (χ1n) is 16.9.